The predicted molar refractivity (Wildman–Crippen MR) is 79.2 cm³/mol. The number of nitrogens with zero attached hydrogens (tertiary/aromatic N) is 2. The van der Waals surface area contributed by atoms with Crippen molar-refractivity contribution >= 4 is 17.7 Å². The van der Waals surface area contributed by atoms with Crippen molar-refractivity contribution in [1.29, 1.82) is 0 Å². The van der Waals surface area contributed by atoms with E-state index >= 15 is 0 Å². The maximum absolute atomic E-state index is 12.3. The molecule has 0 saturated heterocycles. The smallest absolute Gasteiger partial charge is 0.356 e. The number of carbonyl (C=O) groups excluding carboxylic acids is 3. The van der Waals surface area contributed by atoms with Crippen molar-refractivity contribution in [2.45, 2.75) is 52.2 Å². The molecular formula is C16H20N2O5. The van der Waals surface area contributed by atoms with Gasteiger partial charge in [-0.3, -0.25) is 9.59 Å². The van der Waals surface area contributed by atoms with Crippen LogP contribution in [0.5, 0.6) is 0 Å². The number of rotatable bonds is 4. The molecule has 7 heteroatoms. The fourth-order valence-corrected chi connectivity index (χ4v) is 3.01. The second-order valence-corrected chi connectivity index (χ2v) is 6.89. The average Bonchev–Trinajstić information content (AvgIpc) is 3.04. The van der Waals surface area contributed by atoms with Crippen molar-refractivity contribution in [2.24, 2.45) is 5.92 Å². The number of aromatic nitrogens is 2. The van der Waals surface area contributed by atoms with Gasteiger partial charge in [-0.1, -0.05) is 0 Å². The van der Waals surface area contributed by atoms with Crippen molar-refractivity contribution in [1.82, 2.24) is 9.78 Å². The number of ether oxygens (including phenoxy) is 2. The summed E-state index contributed by atoms with van der Waals surface area (Å²) in [7, 11) is 0. The van der Waals surface area contributed by atoms with Crippen molar-refractivity contribution in [3.63, 3.8) is 0 Å². The van der Waals surface area contributed by atoms with E-state index in [1.165, 1.54) is 4.68 Å². The molecule has 124 valence electrons. The van der Waals surface area contributed by atoms with Crippen LogP contribution in [0, 0.1) is 5.92 Å². The first-order chi connectivity index (χ1) is 10.7. The summed E-state index contributed by atoms with van der Waals surface area (Å²) in [6.07, 6.45) is 0.746. The number of hydrogen-bond donors (Lipinski definition) is 0. The normalized spacial score (nSPS) is 21.7. The average molecular weight is 320 g/mol. The Kier molecular flexibility index (Phi) is 3.54. The van der Waals surface area contributed by atoms with Crippen LogP contribution < -0.4 is 0 Å². The van der Waals surface area contributed by atoms with E-state index in [1.807, 2.05) is 0 Å². The molecule has 1 aromatic rings. The number of esters is 2. The summed E-state index contributed by atoms with van der Waals surface area (Å²) >= 11 is 0. The van der Waals surface area contributed by atoms with E-state index in [9.17, 15) is 14.4 Å². The van der Waals surface area contributed by atoms with Gasteiger partial charge in [-0.2, -0.15) is 5.10 Å². The highest BCUT2D eigenvalue weighted by atomic mass is 16.6. The molecule has 1 aromatic heterocycles. The predicted octanol–water partition coefficient (Wildman–Crippen LogP) is 1.70. The van der Waals surface area contributed by atoms with Crippen LogP contribution in [0.25, 0.3) is 0 Å². The highest BCUT2D eigenvalue weighted by molar-refractivity contribution is 6.07. The largest absolute Gasteiger partial charge is 0.461 e. The minimum Gasteiger partial charge on any atom is -0.461 e. The molecule has 2 atom stereocenters. The lowest BCUT2D eigenvalue weighted by Crippen LogP contribution is -2.28. The van der Waals surface area contributed by atoms with Crippen LogP contribution in [-0.2, 0) is 20.8 Å². The van der Waals surface area contributed by atoms with E-state index in [2.05, 4.69) is 5.10 Å². The standard InChI is InChI=1S/C16H20N2O5/c1-5-22-15(21)13-11-8-6-9(8)14(20)12(11)17-18(13)7-10(19)23-16(2,3)4/h8-9H,5-7H2,1-4H3/t8-,9?/m0/s1. The van der Waals surface area contributed by atoms with Crippen LogP contribution >= 0.6 is 0 Å². The summed E-state index contributed by atoms with van der Waals surface area (Å²) in [5.41, 5.74) is 0.528. The van der Waals surface area contributed by atoms with Gasteiger partial charge in [0.05, 0.1) is 6.61 Å². The van der Waals surface area contributed by atoms with Gasteiger partial charge >= 0.3 is 11.9 Å². The summed E-state index contributed by atoms with van der Waals surface area (Å²) < 4.78 is 11.6. The van der Waals surface area contributed by atoms with Gasteiger partial charge in [0.25, 0.3) is 0 Å². The lowest BCUT2D eigenvalue weighted by atomic mass is 10.1. The Balaban J connectivity index is 1.93. The second-order valence-electron chi connectivity index (χ2n) is 6.89. The molecule has 1 heterocycles. The summed E-state index contributed by atoms with van der Waals surface area (Å²) in [4.78, 5) is 36.5. The highest BCUT2D eigenvalue weighted by Gasteiger charge is 2.56. The van der Waals surface area contributed by atoms with Crippen LogP contribution in [-0.4, -0.2) is 39.7 Å². The van der Waals surface area contributed by atoms with Crippen LogP contribution in [0.1, 0.15) is 66.6 Å². The van der Waals surface area contributed by atoms with Gasteiger partial charge in [-0.05, 0) is 40.0 Å². The third-order valence-corrected chi connectivity index (χ3v) is 3.89. The maximum Gasteiger partial charge on any atom is 0.356 e. The van der Waals surface area contributed by atoms with Crippen LogP contribution in [0.3, 0.4) is 0 Å². The fraction of sp³-hybridized carbons (Fsp3) is 0.625. The van der Waals surface area contributed by atoms with Gasteiger partial charge in [-0.25, -0.2) is 9.48 Å². The van der Waals surface area contributed by atoms with Crippen molar-refractivity contribution in [2.75, 3.05) is 6.61 Å². The quantitative estimate of drug-likeness (QED) is 0.785. The number of hydrogen-bond acceptors (Lipinski definition) is 6. The molecule has 23 heavy (non-hydrogen) atoms. The van der Waals surface area contributed by atoms with Crippen molar-refractivity contribution < 1.29 is 23.9 Å². The van der Waals surface area contributed by atoms with Gasteiger partial charge in [0.1, 0.15) is 17.8 Å². The van der Waals surface area contributed by atoms with Crippen LogP contribution in [0.2, 0.25) is 0 Å². The molecule has 0 N–H and O–H groups in total. The van der Waals surface area contributed by atoms with Gasteiger partial charge < -0.3 is 9.47 Å². The number of carbonyl (C=O) groups is 3. The molecule has 0 aromatic carbocycles. The molecule has 1 unspecified atom stereocenters. The third kappa shape index (κ3) is 2.75. The minimum atomic E-state index is -0.630. The molecule has 1 fully saturated rings. The molecule has 0 radical (unpaired) electrons. The van der Waals surface area contributed by atoms with Gasteiger partial charge in [0.2, 0.25) is 0 Å². The van der Waals surface area contributed by atoms with E-state index in [0.717, 1.165) is 6.42 Å². The number of ketones is 1. The zero-order valence-corrected chi connectivity index (χ0v) is 13.7. The van der Waals surface area contributed by atoms with Crippen LogP contribution in [0.4, 0.5) is 0 Å². The lowest BCUT2D eigenvalue weighted by molar-refractivity contribution is -0.155. The molecule has 0 bridgehead atoms. The molecule has 3 rings (SSSR count). The first kappa shape index (κ1) is 15.7. The fourth-order valence-electron chi connectivity index (χ4n) is 3.01. The molecule has 1 saturated carbocycles. The second kappa shape index (κ2) is 5.18. The Labute approximate surface area is 133 Å². The Bertz CT molecular complexity index is 698. The molecule has 0 spiro atoms. The Morgan fingerprint density at radius 2 is 2.00 bits per heavy atom. The van der Waals surface area contributed by atoms with E-state index in [0.29, 0.717) is 11.3 Å². The lowest BCUT2D eigenvalue weighted by Gasteiger charge is -2.19. The summed E-state index contributed by atoms with van der Waals surface area (Å²) in [6, 6.07) is 0. The first-order valence-corrected chi connectivity index (χ1v) is 7.76. The highest BCUT2D eigenvalue weighted by Crippen LogP contribution is 2.56. The summed E-state index contributed by atoms with van der Waals surface area (Å²) in [5, 5.41) is 4.19. The van der Waals surface area contributed by atoms with Gasteiger partial charge in [-0.15, -0.1) is 0 Å². The molecular weight excluding hydrogens is 300 g/mol. The van der Waals surface area contributed by atoms with E-state index < -0.39 is 17.5 Å². The van der Waals surface area contributed by atoms with Gasteiger partial charge in [0, 0.05) is 11.5 Å². The first-order valence-electron chi connectivity index (χ1n) is 7.76. The Morgan fingerprint density at radius 1 is 1.30 bits per heavy atom. The molecule has 2 aliphatic carbocycles. The zero-order chi connectivity index (χ0) is 16.9. The maximum atomic E-state index is 12.3. The van der Waals surface area contributed by atoms with E-state index in [1.54, 1.807) is 27.7 Å². The topological polar surface area (TPSA) is 87.5 Å². The van der Waals surface area contributed by atoms with E-state index in [-0.39, 0.29) is 36.5 Å². The molecule has 0 aliphatic heterocycles. The van der Waals surface area contributed by atoms with Gasteiger partial charge in [0.15, 0.2) is 11.5 Å². The summed E-state index contributed by atoms with van der Waals surface area (Å²) in [6.45, 7) is 6.99. The Hall–Kier alpha value is -2.18. The van der Waals surface area contributed by atoms with E-state index in [4.69, 9.17) is 9.47 Å². The Morgan fingerprint density at radius 3 is 2.61 bits per heavy atom. The number of fused-ring (bicyclic) bond motifs is 3. The third-order valence-electron chi connectivity index (χ3n) is 3.89. The SMILES string of the molecule is CCOC(=O)c1c2c(nn1CC(=O)OC(C)(C)C)C(=O)C1C[C@H]21. The van der Waals surface area contributed by atoms with Crippen molar-refractivity contribution in [3.8, 4) is 0 Å². The zero-order valence-electron chi connectivity index (χ0n) is 13.7. The number of Topliss-reactive ketones (excluding diaryl/α,β-unsaturated/α-hetero) is 1. The summed E-state index contributed by atoms with van der Waals surface area (Å²) in [5.74, 6) is -1.10. The minimum absolute atomic E-state index is 0.0431. The van der Waals surface area contributed by atoms with Crippen LogP contribution in [0.15, 0.2) is 0 Å². The molecule has 0 amide bonds. The van der Waals surface area contributed by atoms with Crippen molar-refractivity contribution in [3.05, 3.63) is 17.0 Å². The molecule has 7 nitrogen and oxygen atoms in total. The monoisotopic (exact) mass is 320 g/mol. The molecule has 2 aliphatic rings.